The zero-order valence-corrected chi connectivity index (χ0v) is 17.3. The summed E-state index contributed by atoms with van der Waals surface area (Å²) in [6, 6.07) is 8.69. The summed E-state index contributed by atoms with van der Waals surface area (Å²) in [5.74, 6) is -0.379. The lowest BCUT2D eigenvalue weighted by Gasteiger charge is -2.25. The summed E-state index contributed by atoms with van der Waals surface area (Å²) in [5, 5.41) is 15.7. The van der Waals surface area contributed by atoms with Crippen molar-refractivity contribution < 1.29 is 19.4 Å². The molecule has 0 aliphatic carbocycles. The molecular formula is C20H27N3O4S. The van der Waals surface area contributed by atoms with Crippen LogP contribution >= 0.6 is 11.8 Å². The van der Waals surface area contributed by atoms with Gasteiger partial charge in [-0.25, -0.2) is 0 Å². The number of amidine groups is 1. The third kappa shape index (κ3) is 5.84. The Balaban J connectivity index is 1.98. The number of hydrogen-bond donors (Lipinski definition) is 3. The highest BCUT2D eigenvalue weighted by molar-refractivity contribution is 8.14. The predicted molar refractivity (Wildman–Crippen MR) is 111 cm³/mol. The van der Waals surface area contributed by atoms with Crippen LogP contribution in [-0.4, -0.2) is 46.1 Å². The molecule has 7 nitrogen and oxygen atoms in total. The minimum absolute atomic E-state index is 0.0348. The molecule has 0 fully saturated rings. The lowest BCUT2D eigenvalue weighted by atomic mass is 10.1. The molecule has 0 spiro atoms. The molecule has 1 aliphatic rings. The molecule has 1 aromatic carbocycles. The Morgan fingerprint density at radius 1 is 1.36 bits per heavy atom. The fourth-order valence-corrected chi connectivity index (χ4v) is 4.08. The van der Waals surface area contributed by atoms with Crippen LogP contribution in [-0.2, 0) is 14.3 Å². The van der Waals surface area contributed by atoms with Gasteiger partial charge in [0.05, 0.1) is 23.9 Å². The number of aliphatic imine (C=N–C) groups is 1. The van der Waals surface area contributed by atoms with Gasteiger partial charge in [0.1, 0.15) is 6.10 Å². The van der Waals surface area contributed by atoms with Gasteiger partial charge >= 0.3 is 0 Å². The van der Waals surface area contributed by atoms with Crippen LogP contribution in [0, 0.1) is 0 Å². The van der Waals surface area contributed by atoms with Gasteiger partial charge in [-0.15, -0.1) is 0 Å². The molecule has 0 radical (unpaired) electrons. The number of allylic oxidation sites excluding steroid dienone is 1. The number of carbonyl (C=O) groups is 2. The third-order valence-corrected chi connectivity index (χ3v) is 5.76. The average Bonchev–Trinajstić information content (AvgIpc) is 3.03. The molecule has 2 amide bonds. The summed E-state index contributed by atoms with van der Waals surface area (Å²) in [5.41, 5.74) is 0.815. The van der Waals surface area contributed by atoms with Gasteiger partial charge in [0, 0.05) is 6.92 Å². The van der Waals surface area contributed by atoms with E-state index in [4.69, 9.17) is 4.74 Å². The van der Waals surface area contributed by atoms with E-state index < -0.39 is 11.9 Å². The minimum atomic E-state index is -0.517. The molecular weight excluding hydrogens is 378 g/mol. The molecule has 0 saturated heterocycles. The smallest absolute Gasteiger partial charge is 0.286 e. The predicted octanol–water partition coefficient (Wildman–Crippen LogP) is 2.14. The van der Waals surface area contributed by atoms with Gasteiger partial charge < -0.3 is 20.5 Å². The number of hydrogen-bond acceptors (Lipinski definition) is 6. The minimum Gasteiger partial charge on any atom is -0.484 e. The van der Waals surface area contributed by atoms with Crippen molar-refractivity contribution in [2.24, 2.45) is 4.99 Å². The molecule has 0 aromatic heterocycles. The SMILES string of the molecule is C/C=C(\OC(C)C1SC(NC(C)=O)=NC1C)C(=O)N[C@@H](CO)c1ccccc1. The van der Waals surface area contributed by atoms with Crippen molar-refractivity contribution in [1.82, 2.24) is 10.6 Å². The second-order valence-corrected chi connectivity index (χ2v) is 7.70. The van der Waals surface area contributed by atoms with E-state index in [2.05, 4.69) is 15.6 Å². The molecule has 8 heteroatoms. The van der Waals surface area contributed by atoms with Gasteiger partial charge in [0.25, 0.3) is 5.91 Å². The normalized spacial score (nSPS) is 21.5. The van der Waals surface area contributed by atoms with E-state index in [1.165, 1.54) is 18.7 Å². The van der Waals surface area contributed by atoms with Crippen LogP contribution in [0.25, 0.3) is 0 Å². The maximum Gasteiger partial charge on any atom is 0.286 e. The Bertz CT molecular complexity index is 751. The lowest BCUT2D eigenvalue weighted by Crippen LogP contribution is -2.36. The molecule has 1 aliphatic heterocycles. The van der Waals surface area contributed by atoms with Crippen molar-refractivity contribution in [3.63, 3.8) is 0 Å². The Morgan fingerprint density at radius 2 is 2.04 bits per heavy atom. The summed E-state index contributed by atoms with van der Waals surface area (Å²) in [6.45, 7) is 6.76. The third-order valence-electron chi connectivity index (χ3n) is 4.28. The highest BCUT2D eigenvalue weighted by atomic mass is 32.2. The van der Waals surface area contributed by atoms with Crippen LogP contribution in [0.15, 0.2) is 47.2 Å². The highest BCUT2D eigenvalue weighted by Crippen LogP contribution is 2.30. The van der Waals surface area contributed by atoms with Crippen LogP contribution in [0.1, 0.15) is 39.3 Å². The first-order valence-electron chi connectivity index (χ1n) is 9.17. The van der Waals surface area contributed by atoms with E-state index in [9.17, 15) is 14.7 Å². The van der Waals surface area contributed by atoms with Crippen molar-refractivity contribution in [2.75, 3.05) is 6.61 Å². The number of carbonyl (C=O) groups excluding carboxylic acids is 2. The molecule has 3 N–H and O–H groups in total. The van der Waals surface area contributed by atoms with Crippen LogP contribution in [0.4, 0.5) is 0 Å². The first-order chi connectivity index (χ1) is 13.3. The number of nitrogens with zero attached hydrogens (tertiary/aromatic N) is 1. The second-order valence-electron chi connectivity index (χ2n) is 6.53. The van der Waals surface area contributed by atoms with Gasteiger partial charge in [0.15, 0.2) is 10.9 Å². The maximum absolute atomic E-state index is 12.7. The summed E-state index contributed by atoms with van der Waals surface area (Å²) >= 11 is 1.43. The van der Waals surface area contributed by atoms with Crippen LogP contribution in [0.2, 0.25) is 0 Å². The Morgan fingerprint density at radius 3 is 2.61 bits per heavy atom. The van der Waals surface area contributed by atoms with E-state index in [1.807, 2.05) is 44.2 Å². The lowest BCUT2D eigenvalue weighted by molar-refractivity contribution is -0.123. The quantitative estimate of drug-likeness (QED) is 0.477. The van der Waals surface area contributed by atoms with E-state index in [0.29, 0.717) is 5.17 Å². The van der Waals surface area contributed by atoms with Crippen LogP contribution < -0.4 is 10.6 Å². The van der Waals surface area contributed by atoms with Crippen LogP contribution in [0.5, 0.6) is 0 Å². The van der Waals surface area contributed by atoms with Gasteiger partial charge in [-0.2, -0.15) is 0 Å². The largest absolute Gasteiger partial charge is 0.484 e. The molecule has 28 heavy (non-hydrogen) atoms. The number of aliphatic hydroxyl groups excluding tert-OH is 1. The Labute approximate surface area is 169 Å². The number of nitrogens with one attached hydrogen (secondary N) is 2. The second kappa shape index (κ2) is 10.3. The number of amides is 2. The van der Waals surface area contributed by atoms with Crippen molar-refractivity contribution in [3.8, 4) is 0 Å². The van der Waals surface area contributed by atoms with E-state index in [0.717, 1.165) is 5.56 Å². The summed E-state index contributed by atoms with van der Waals surface area (Å²) in [6.07, 6.45) is 1.29. The molecule has 3 unspecified atom stereocenters. The Hall–Kier alpha value is -2.32. The van der Waals surface area contributed by atoms with E-state index in [-0.39, 0.29) is 35.7 Å². The molecule has 1 aromatic rings. The van der Waals surface area contributed by atoms with Gasteiger partial charge in [-0.3, -0.25) is 14.6 Å². The molecule has 0 saturated carbocycles. The number of ether oxygens (including phenoxy) is 1. The van der Waals surface area contributed by atoms with Gasteiger partial charge in [-0.1, -0.05) is 42.1 Å². The molecule has 152 valence electrons. The average molecular weight is 406 g/mol. The first kappa shape index (κ1) is 22.0. The summed E-state index contributed by atoms with van der Waals surface area (Å²) < 4.78 is 5.91. The number of rotatable bonds is 7. The molecule has 2 rings (SSSR count). The van der Waals surface area contributed by atoms with E-state index >= 15 is 0 Å². The molecule has 4 atom stereocenters. The first-order valence-corrected chi connectivity index (χ1v) is 10.0. The summed E-state index contributed by atoms with van der Waals surface area (Å²) in [4.78, 5) is 28.3. The summed E-state index contributed by atoms with van der Waals surface area (Å²) in [7, 11) is 0. The number of aliphatic hydroxyl groups is 1. The van der Waals surface area contributed by atoms with Crippen molar-refractivity contribution >= 4 is 28.7 Å². The van der Waals surface area contributed by atoms with Crippen molar-refractivity contribution in [1.29, 1.82) is 0 Å². The zero-order chi connectivity index (χ0) is 20.7. The monoisotopic (exact) mass is 405 g/mol. The molecule has 1 heterocycles. The maximum atomic E-state index is 12.7. The standard InChI is InChI=1S/C20H27N3O4S/c1-5-17(19(26)23-16(11-24)15-9-7-6-8-10-15)27-13(3)18-12(2)21-20(28-18)22-14(4)25/h5-10,12-13,16,18,24H,11H2,1-4H3,(H,23,26)(H,21,22,25)/b17-5-/t12?,13?,16-,18?/m0/s1. The van der Waals surface area contributed by atoms with Crippen molar-refractivity contribution in [3.05, 3.63) is 47.7 Å². The van der Waals surface area contributed by atoms with Gasteiger partial charge in [0.2, 0.25) is 5.91 Å². The number of benzene rings is 1. The Kier molecular flexibility index (Phi) is 8.07. The van der Waals surface area contributed by atoms with Crippen LogP contribution in [0.3, 0.4) is 0 Å². The molecule has 0 bridgehead atoms. The zero-order valence-electron chi connectivity index (χ0n) is 16.5. The number of thioether (sulfide) groups is 1. The fraction of sp³-hybridized carbons (Fsp3) is 0.450. The fourth-order valence-electron chi connectivity index (χ4n) is 2.89. The van der Waals surface area contributed by atoms with Crippen molar-refractivity contribution in [2.45, 2.75) is 51.1 Å². The topological polar surface area (TPSA) is 100 Å². The van der Waals surface area contributed by atoms with Gasteiger partial charge in [-0.05, 0) is 32.4 Å². The van der Waals surface area contributed by atoms with E-state index in [1.54, 1.807) is 13.0 Å². The highest BCUT2D eigenvalue weighted by Gasteiger charge is 2.34.